The van der Waals surface area contributed by atoms with Gasteiger partial charge in [-0.05, 0) is 50.5 Å². The Morgan fingerprint density at radius 1 is 1.16 bits per heavy atom. The molecule has 31 heavy (non-hydrogen) atoms. The number of benzene rings is 2. The third-order valence-electron chi connectivity index (χ3n) is 5.60. The quantitative estimate of drug-likeness (QED) is 0.634. The number of piperidine rings is 1. The largest absolute Gasteiger partial charge is 0.351 e. The van der Waals surface area contributed by atoms with E-state index >= 15 is 0 Å². The van der Waals surface area contributed by atoms with Crippen LogP contribution in [-0.2, 0) is 21.4 Å². The lowest BCUT2D eigenvalue weighted by Crippen LogP contribution is -2.51. The number of carbonyl (C=O) groups excluding carboxylic acids is 1. The highest BCUT2D eigenvalue weighted by Crippen LogP contribution is 2.28. The van der Waals surface area contributed by atoms with Crippen LogP contribution in [0.15, 0.2) is 53.4 Å². The van der Waals surface area contributed by atoms with E-state index in [4.69, 9.17) is 0 Å². The van der Waals surface area contributed by atoms with Gasteiger partial charge in [-0.1, -0.05) is 42.0 Å². The van der Waals surface area contributed by atoms with Crippen molar-refractivity contribution >= 4 is 27.0 Å². The molecule has 4 rings (SSSR count). The average molecular weight is 442 g/mol. The van der Waals surface area contributed by atoms with Gasteiger partial charge in [0.2, 0.25) is 15.9 Å². The van der Waals surface area contributed by atoms with Gasteiger partial charge in [-0.3, -0.25) is 4.79 Å². The van der Waals surface area contributed by atoms with Crippen LogP contribution in [0.25, 0.3) is 11.0 Å². The van der Waals surface area contributed by atoms with Gasteiger partial charge in [0.1, 0.15) is 11.6 Å². The minimum absolute atomic E-state index is 0.118. The Hall–Kier alpha value is -2.78. The normalized spacial score (nSPS) is 17.8. The molecular formula is C22H27N5O3S. The first-order valence-corrected chi connectivity index (χ1v) is 12.0. The lowest BCUT2D eigenvalue weighted by Gasteiger charge is -2.33. The summed E-state index contributed by atoms with van der Waals surface area (Å²) >= 11 is 0. The first-order chi connectivity index (χ1) is 14.9. The summed E-state index contributed by atoms with van der Waals surface area (Å²) in [6, 6.07) is 13.8. The maximum absolute atomic E-state index is 13.5. The lowest BCUT2D eigenvalue weighted by molar-refractivity contribution is -0.125. The van der Waals surface area contributed by atoms with Crippen molar-refractivity contribution in [2.24, 2.45) is 0 Å². The van der Waals surface area contributed by atoms with Crippen molar-refractivity contribution in [3.05, 3.63) is 54.1 Å². The standard InChI is InChI=1S/C22H27N5O3S/c1-16(2)27-20-12-11-18(14-19(20)24-25-27)31(29,30)26-13-7-6-10-21(26)22(28)23-15-17-8-4-3-5-9-17/h3-5,8-9,11-12,14,16,21H,6-7,10,13,15H2,1-2H3,(H,23,28). The summed E-state index contributed by atoms with van der Waals surface area (Å²) < 4.78 is 30.0. The second-order valence-electron chi connectivity index (χ2n) is 8.11. The van der Waals surface area contributed by atoms with E-state index in [1.54, 1.807) is 22.9 Å². The van der Waals surface area contributed by atoms with Crippen LogP contribution in [0, 0.1) is 0 Å². The molecule has 0 aliphatic carbocycles. The number of hydrogen-bond donors (Lipinski definition) is 1. The first kappa shape index (κ1) is 21.5. The van der Waals surface area contributed by atoms with Crippen molar-refractivity contribution in [1.82, 2.24) is 24.6 Å². The zero-order valence-electron chi connectivity index (χ0n) is 17.7. The molecule has 1 fully saturated rings. The smallest absolute Gasteiger partial charge is 0.243 e. The molecule has 8 nitrogen and oxygen atoms in total. The molecule has 2 aromatic carbocycles. The lowest BCUT2D eigenvalue weighted by atomic mass is 10.0. The Morgan fingerprint density at radius 3 is 2.68 bits per heavy atom. The van der Waals surface area contributed by atoms with Gasteiger partial charge in [0.25, 0.3) is 0 Å². The van der Waals surface area contributed by atoms with Gasteiger partial charge in [-0.15, -0.1) is 5.10 Å². The molecule has 1 aliphatic heterocycles. The molecule has 1 unspecified atom stereocenters. The third kappa shape index (κ3) is 4.33. The van der Waals surface area contributed by atoms with Crippen molar-refractivity contribution in [2.45, 2.75) is 56.6 Å². The summed E-state index contributed by atoms with van der Waals surface area (Å²) in [5.74, 6) is -0.265. The number of aromatic nitrogens is 3. The van der Waals surface area contributed by atoms with E-state index in [9.17, 15) is 13.2 Å². The molecule has 0 bridgehead atoms. The Labute approximate surface area is 182 Å². The fourth-order valence-corrected chi connectivity index (χ4v) is 5.63. The molecule has 1 N–H and O–H groups in total. The number of rotatable bonds is 6. The van der Waals surface area contributed by atoms with Crippen LogP contribution < -0.4 is 5.32 Å². The van der Waals surface area contributed by atoms with Crippen LogP contribution in [0.4, 0.5) is 0 Å². The highest BCUT2D eigenvalue weighted by atomic mass is 32.2. The van der Waals surface area contributed by atoms with Gasteiger partial charge in [-0.25, -0.2) is 13.1 Å². The van der Waals surface area contributed by atoms with Crippen LogP contribution >= 0.6 is 0 Å². The molecule has 1 amide bonds. The molecule has 1 atom stereocenters. The Kier molecular flexibility index (Phi) is 6.06. The van der Waals surface area contributed by atoms with Gasteiger partial charge in [-0.2, -0.15) is 4.31 Å². The number of carbonyl (C=O) groups is 1. The van der Waals surface area contributed by atoms with E-state index in [2.05, 4.69) is 15.6 Å². The number of sulfonamides is 1. The Morgan fingerprint density at radius 2 is 1.94 bits per heavy atom. The molecule has 0 saturated carbocycles. The second kappa shape index (κ2) is 8.76. The predicted molar refractivity (Wildman–Crippen MR) is 118 cm³/mol. The van der Waals surface area contributed by atoms with Crippen molar-refractivity contribution in [1.29, 1.82) is 0 Å². The van der Waals surface area contributed by atoms with E-state index in [1.807, 2.05) is 44.2 Å². The van der Waals surface area contributed by atoms with E-state index in [1.165, 1.54) is 4.31 Å². The van der Waals surface area contributed by atoms with Crippen LogP contribution in [0.1, 0.15) is 44.7 Å². The van der Waals surface area contributed by atoms with Crippen LogP contribution in [0.5, 0.6) is 0 Å². The molecule has 0 radical (unpaired) electrons. The number of hydrogen-bond acceptors (Lipinski definition) is 5. The van der Waals surface area contributed by atoms with Gasteiger partial charge in [0.15, 0.2) is 0 Å². The van der Waals surface area contributed by atoms with Gasteiger partial charge >= 0.3 is 0 Å². The first-order valence-electron chi connectivity index (χ1n) is 10.6. The number of nitrogens with one attached hydrogen (secondary N) is 1. The number of amides is 1. The van der Waals surface area contributed by atoms with E-state index in [0.29, 0.717) is 25.0 Å². The molecule has 1 saturated heterocycles. The third-order valence-corrected chi connectivity index (χ3v) is 7.51. The Balaban J connectivity index is 1.57. The van der Waals surface area contributed by atoms with Crippen LogP contribution in [0.2, 0.25) is 0 Å². The van der Waals surface area contributed by atoms with Gasteiger partial charge in [0, 0.05) is 19.1 Å². The molecule has 9 heteroatoms. The van der Waals surface area contributed by atoms with Crippen molar-refractivity contribution in [2.75, 3.05) is 6.54 Å². The fraction of sp³-hybridized carbons (Fsp3) is 0.409. The molecule has 1 aliphatic rings. The zero-order chi connectivity index (χ0) is 22.0. The van der Waals surface area contributed by atoms with Gasteiger partial charge in [0.05, 0.1) is 10.4 Å². The summed E-state index contributed by atoms with van der Waals surface area (Å²) in [5.41, 5.74) is 2.28. The van der Waals surface area contributed by atoms with Crippen LogP contribution in [0.3, 0.4) is 0 Å². The summed E-state index contributed by atoms with van der Waals surface area (Å²) in [5, 5.41) is 11.1. The summed E-state index contributed by atoms with van der Waals surface area (Å²) in [4.78, 5) is 13.0. The molecule has 0 spiro atoms. The van der Waals surface area contributed by atoms with Gasteiger partial charge < -0.3 is 5.32 Å². The molecule has 2 heterocycles. The monoisotopic (exact) mass is 441 g/mol. The van der Waals surface area contributed by atoms with Crippen molar-refractivity contribution in [3.63, 3.8) is 0 Å². The van der Waals surface area contributed by atoms with Crippen LogP contribution in [-0.4, -0.2) is 46.2 Å². The summed E-state index contributed by atoms with van der Waals surface area (Å²) in [6.45, 7) is 4.67. The van der Waals surface area contributed by atoms with E-state index < -0.39 is 16.1 Å². The summed E-state index contributed by atoms with van der Waals surface area (Å²) in [6.07, 6.45) is 2.05. The maximum atomic E-state index is 13.5. The minimum Gasteiger partial charge on any atom is -0.351 e. The average Bonchev–Trinajstić information content (AvgIpc) is 3.22. The SMILES string of the molecule is CC(C)n1nnc2cc(S(=O)(=O)N3CCCCC3C(=O)NCc3ccccc3)ccc21. The fourth-order valence-electron chi connectivity index (χ4n) is 3.96. The minimum atomic E-state index is -3.85. The zero-order valence-corrected chi connectivity index (χ0v) is 18.5. The molecular weight excluding hydrogens is 414 g/mol. The predicted octanol–water partition coefficient (Wildman–Crippen LogP) is 2.87. The molecule has 1 aromatic heterocycles. The molecule has 164 valence electrons. The maximum Gasteiger partial charge on any atom is 0.243 e. The highest BCUT2D eigenvalue weighted by Gasteiger charge is 2.37. The molecule has 3 aromatic rings. The summed E-state index contributed by atoms with van der Waals surface area (Å²) in [7, 11) is -3.85. The number of nitrogens with zero attached hydrogens (tertiary/aromatic N) is 4. The van der Waals surface area contributed by atoms with Crippen molar-refractivity contribution < 1.29 is 13.2 Å². The topological polar surface area (TPSA) is 97.2 Å². The van der Waals surface area contributed by atoms with Crippen molar-refractivity contribution in [3.8, 4) is 0 Å². The Bertz CT molecular complexity index is 1170. The van der Waals surface area contributed by atoms with E-state index in [-0.39, 0.29) is 16.8 Å². The highest BCUT2D eigenvalue weighted by molar-refractivity contribution is 7.89. The second-order valence-corrected chi connectivity index (χ2v) is 10.00. The van der Waals surface area contributed by atoms with E-state index in [0.717, 1.165) is 23.9 Å². The number of fused-ring (bicyclic) bond motifs is 1.